The van der Waals surface area contributed by atoms with E-state index in [1.165, 1.54) is 75.0 Å². The van der Waals surface area contributed by atoms with Crippen LogP contribution in [0, 0.1) is 0 Å². The largest absolute Gasteiger partial charge is 0.746 e. The summed E-state index contributed by atoms with van der Waals surface area (Å²) in [6.45, 7) is 1.56. The van der Waals surface area contributed by atoms with E-state index in [4.69, 9.17) is 15.0 Å². The summed E-state index contributed by atoms with van der Waals surface area (Å²) >= 11 is 0. The van der Waals surface area contributed by atoms with E-state index in [2.05, 4.69) is 26.4 Å². The molecule has 0 saturated carbocycles. The van der Waals surface area contributed by atoms with Crippen LogP contribution < -0.4 is 10.6 Å². The maximum atomic E-state index is 12.2. The third-order valence-corrected chi connectivity index (χ3v) is 7.99. The molecule has 0 amide bonds. The van der Waals surface area contributed by atoms with Crippen molar-refractivity contribution < 1.29 is 38.3 Å². The topological polar surface area (TPSA) is 195 Å². The monoisotopic (exact) mass is 584 g/mol. The Balaban J connectivity index is 1.29. The number of hydrogen-bond donors (Lipinski definition) is 3. The Morgan fingerprint density at radius 3 is 2.23 bits per heavy atom. The molecule has 1 unspecified atom stereocenters. The molecule has 13 nitrogen and oxygen atoms in total. The summed E-state index contributed by atoms with van der Waals surface area (Å²) in [6.07, 6.45) is 12.2. The van der Waals surface area contributed by atoms with Crippen LogP contribution in [0.1, 0.15) is 103 Å². The van der Waals surface area contributed by atoms with Crippen molar-refractivity contribution in [1.29, 1.82) is 0 Å². The Kier molecular flexibility index (Phi) is 13.2. The smallest absolute Gasteiger partial charge is 0.322 e. The zero-order valence-corrected chi connectivity index (χ0v) is 24.1. The summed E-state index contributed by atoms with van der Waals surface area (Å²) in [6, 6.07) is 0. The van der Waals surface area contributed by atoms with E-state index < -0.39 is 44.9 Å². The second-order valence-electron chi connectivity index (χ2n) is 10.3. The highest BCUT2D eigenvalue weighted by Gasteiger charge is 2.45. The number of carbonyl (C=O) groups excluding carboxylic acids is 1. The van der Waals surface area contributed by atoms with Gasteiger partial charge in [-0.2, -0.15) is 0 Å². The average Bonchev–Trinajstić information content (AvgIpc) is 3.47. The number of rotatable bonds is 19. The van der Waals surface area contributed by atoms with Crippen LogP contribution in [0.4, 0.5) is 5.82 Å². The number of nitrogen functional groups attached to an aromatic ring is 1. The summed E-state index contributed by atoms with van der Waals surface area (Å²) in [5.74, 6) is -0.765. The van der Waals surface area contributed by atoms with Crippen molar-refractivity contribution in [3.63, 3.8) is 0 Å². The predicted octanol–water partition coefficient (Wildman–Crippen LogP) is 3.54. The first-order valence-electron chi connectivity index (χ1n) is 14.4. The summed E-state index contributed by atoms with van der Waals surface area (Å²) in [5, 5.41) is 20.8. The number of phosphoric acid groups is 1. The van der Waals surface area contributed by atoms with Gasteiger partial charge < -0.3 is 34.6 Å². The van der Waals surface area contributed by atoms with Crippen LogP contribution in [0.3, 0.4) is 0 Å². The minimum Gasteiger partial charge on any atom is -0.746 e. The van der Waals surface area contributed by atoms with E-state index in [1.54, 1.807) is 0 Å². The molecule has 3 rings (SSSR count). The Labute approximate surface area is 235 Å². The number of anilines is 1. The van der Waals surface area contributed by atoms with Gasteiger partial charge in [0.25, 0.3) is 0 Å². The van der Waals surface area contributed by atoms with Gasteiger partial charge in [0.2, 0.25) is 0 Å². The fourth-order valence-electron chi connectivity index (χ4n) is 4.80. The SMILES string of the molecule is CCCCCCCCCCCCCCCC(=O)OP(=O)([O-])OC[C@H]1O[C@@H](n2cnc3c(N)ncnc32)[C@H](O)[C@@H]1O. The van der Waals surface area contributed by atoms with E-state index >= 15 is 0 Å². The highest BCUT2D eigenvalue weighted by Crippen LogP contribution is 2.41. The molecule has 3 heterocycles. The number of hydrogen-bond acceptors (Lipinski definition) is 12. The standard InChI is InChI=1S/C26H44N5O8P/c1-2-3-4-5-6-7-8-9-10-11-12-13-14-15-20(32)39-40(35,36)37-16-19-22(33)23(34)26(38-19)31-18-30-21-24(27)28-17-29-25(21)31/h17-19,22-23,26,33-34H,2-16H2,1H3,(H,35,36)(H2,27,28,29)/p-1/t19-,22-,23-,26-/m1/s1. The van der Waals surface area contributed by atoms with Crippen molar-refractivity contribution in [3.05, 3.63) is 12.7 Å². The molecule has 1 aliphatic heterocycles. The van der Waals surface area contributed by atoms with Gasteiger partial charge in [0.05, 0.1) is 12.9 Å². The van der Waals surface area contributed by atoms with Crippen molar-refractivity contribution in [3.8, 4) is 0 Å². The second-order valence-corrected chi connectivity index (χ2v) is 11.7. The lowest BCUT2D eigenvalue weighted by Crippen LogP contribution is -2.34. The van der Waals surface area contributed by atoms with Crippen LogP contribution in [-0.4, -0.2) is 60.6 Å². The molecule has 0 aromatic carbocycles. The van der Waals surface area contributed by atoms with Gasteiger partial charge in [-0.3, -0.25) is 13.9 Å². The Morgan fingerprint density at radius 1 is 1.00 bits per heavy atom. The molecule has 0 radical (unpaired) electrons. The van der Waals surface area contributed by atoms with Crippen molar-refractivity contribution in [2.24, 2.45) is 0 Å². The van der Waals surface area contributed by atoms with E-state index in [0.717, 1.165) is 19.3 Å². The van der Waals surface area contributed by atoms with Crippen LogP contribution in [0.2, 0.25) is 0 Å². The van der Waals surface area contributed by atoms with Crippen LogP contribution in [0.25, 0.3) is 11.2 Å². The van der Waals surface area contributed by atoms with Gasteiger partial charge in [0.1, 0.15) is 30.2 Å². The quantitative estimate of drug-likeness (QED) is 0.161. The number of imidazole rings is 1. The van der Waals surface area contributed by atoms with Gasteiger partial charge in [-0.15, -0.1) is 0 Å². The fourth-order valence-corrected chi connectivity index (χ4v) is 5.52. The summed E-state index contributed by atoms with van der Waals surface area (Å²) in [5.41, 5.74) is 6.32. The Morgan fingerprint density at radius 2 is 1.60 bits per heavy atom. The number of unbranched alkanes of at least 4 members (excludes halogenated alkanes) is 12. The lowest BCUT2D eigenvalue weighted by molar-refractivity contribution is -0.227. The number of phosphoric ester groups is 1. The minimum atomic E-state index is -4.99. The Hall–Kier alpha value is -2.15. The molecular weight excluding hydrogens is 541 g/mol. The van der Waals surface area contributed by atoms with Gasteiger partial charge in [-0.1, -0.05) is 84.0 Å². The van der Waals surface area contributed by atoms with Gasteiger partial charge in [-0.05, 0) is 6.42 Å². The molecule has 14 heteroatoms. The molecule has 2 aromatic rings. The molecule has 0 aliphatic carbocycles. The van der Waals surface area contributed by atoms with Crippen molar-refractivity contribution in [2.75, 3.05) is 12.3 Å². The molecule has 40 heavy (non-hydrogen) atoms. The molecule has 1 fully saturated rings. The first kappa shape index (κ1) is 32.4. The molecule has 2 aromatic heterocycles. The molecule has 0 spiro atoms. The summed E-state index contributed by atoms with van der Waals surface area (Å²) in [7, 11) is -4.99. The highest BCUT2D eigenvalue weighted by atomic mass is 31.2. The number of nitrogens with zero attached hydrogens (tertiary/aromatic N) is 4. The predicted molar refractivity (Wildman–Crippen MR) is 146 cm³/mol. The molecule has 1 aliphatic rings. The third-order valence-electron chi connectivity index (χ3n) is 7.09. The maximum Gasteiger partial charge on any atom is 0.322 e. The van der Waals surface area contributed by atoms with Crippen LogP contribution >= 0.6 is 7.82 Å². The van der Waals surface area contributed by atoms with Crippen LogP contribution in [-0.2, 0) is 23.1 Å². The number of ether oxygens (including phenoxy) is 1. The molecule has 5 atom stereocenters. The highest BCUT2D eigenvalue weighted by molar-refractivity contribution is 7.46. The third kappa shape index (κ3) is 9.74. The summed E-state index contributed by atoms with van der Waals surface area (Å²) < 4.78 is 28.5. The normalized spacial score (nSPS) is 22.5. The number of aromatic nitrogens is 4. The molecule has 226 valence electrons. The van der Waals surface area contributed by atoms with Gasteiger partial charge >= 0.3 is 13.8 Å². The number of nitrogens with two attached hydrogens (primary N) is 1. The maximum absolute atomic E-state index is 12.2. The first-order valence-corrected chi connectivity index (χ1v) is 15.8. The lowest BCUT2D eigenvalue weighted by atomic mass is 10.0. The molecular formula is C26H43N5O8P-. The van der Waals surface area contributed by atoms with Gasteiger partial charge in [-0.25, -0.2) is 15.0 Å². The number of aliphatic hydroxyl groups is 2. The van der Waals surface area contributed by atoms with Gasteiger partial charge in [0.15, 0.2) is 17.7 Å². The number of carbonyl (C=O) groups is 1. The summed E-state index contributed by atoms with van der Waals surface area (Å²) in [4.78, 5) is 36.2. The van der Waals surface area contributed by atoms with Crippen molar-refractivity contribution in [1.82, 2.24) is 19.5 Å². The van der Waals surface area contributed by atoms with Crippen LogP contribution in [0.5, 0.6) is 0 Å². The van der Waals surface area contributed by atoms with E-state index in [9.17, 15) is 24.5 Å². The fraction of sp³-hybridized carbons (Fsp3) is 0.769. The van der Waals surface area contributed by atoms with Gasteiger partial charge in [0, 0.05) is 6.42 Å². The Bertz CT molecular complexity index is 1100. The minimum absolute atomic E-state index is 0.0324. The number of aliphatic hydroxyl groups excluding tert-OH is 2. The van der Waals surface area contributed by atoms with E-state index in [1.807, 2.05) is 0 Å². The molecule has 4 N–H and O–H groups in total. The van der Waals surface area contributed by atoms with E-state index in [0.29, 0.717) is 6.42 Å². The van der Waals surface area contributed by atoms with E-state index in [-0.39, 0.29) is 23.4 Å². The second kappa shape index (κ2) is 16.3. The van der Waals surface area contributed by atoms with Crippen molar-refractivity contribution in [2.45, 2.75) is 121 Å². The lowest BCUT2D eigenvalue weighted by Gasteiger charge is -2.24. The molecule has 1 saturated heterocycles. The average molecular weight is 585 g/mol. The molecule has 0 bridgehead atoms. The van der Waals surface area contributed by atoms with Crippen LogP contribution in [0.15, 0.2) is 12.7 Å². The van der Waals surface area contributed by atoms with Crippen molar-refractivity contribution >= 4 is 30.8 Å². The zero-order chi connectivity index (χ0) is 29.0. The first-order chi connectivity index (χ1) is 19.2. The number of fused-ring (bicyclic) bond motifs is 1. The zero-order valence-electron chi connectivity index (χ0n) is 23.2.